The highest BCUT2D eigenvalue weighted by Gasteiger charge is 2.36. The second-order valence-electron chi connectivity index (χ2n) is 6.03. The van der Waals surface area contributed by atoms with Crippen LogP contribution in [0.4, 0.5) is 0 Å². The van der Waals surface area contributed by atoms with Crippen molar-refractivity contribution < 1.29 is 9.59 Å². The van der Waals surface area contributed by atoms with Gasteiger partial charge in [0.1, 0.15) is 0 Å². The first-order valence-corrected chi connectivity index (χ1v) is 7.77. The second-order valence-corrected chi connectivity index (χ2v) is 6.03. The maximum Gasteiger partial charge on any atom is 0.240 e. The van der Waals surface area contributed by atoms with Crippen LogP contribution in [0.25, 0.3) is 0 Å². The first kappa shape index (κ1) is 13.8. The van der Waals surface area contributed by atoms with E-state index in [1.165, 1.54) is 0 Å². The standard InChI is InChI=1S/C14H24N4O2/c19-13-4-3-11(16-13)10-18-7-1-2-12(18)14(20)17-8-5-15-6-9-17/h11-12,15H,1-10H2,(H,16,19). The molecule has 0 aromatic rings. The molecule has 2 N–H and O–H groups in total. The molecule has 2 atom stereocenters. The second kappa shape index (κ2) is 6.10. The van der Waals surface area contributed by atoms with E-state index in [9.17, 15) is 9.59 Å². The molecule has 2 unspecified atom stereocenters. The lowest BCUT2D eigenvalue weighted by molar-refractivity contribution is -0.136. The Balaban J connectivity index is 1.57. The van der Waals surface area contributed by atoms with Crippen molar-refractivity contribution in [2.45, 2.75) is 37.8 Å². The Hall–Kier alpha value is -1.14. The molecule has 3 aliphatic heterocycles. The molecular formula is C14H24N4O2. The largest absolute Gasteiger partial charge is 0.352 e. The zero-order chi connectivity index (χ0) is 13.9. The van der Waals surface area contributed by atoms with Crippen LogP contribution in [-0.2, 0) is 9.59 Å². The maximum atomic E-state index is 12.6. The fourth-order valence-corrected chi connectivity index (χ4v) is 3.52. The highest BCUT2D eigenvalue weighted by molar-refractivity contribution is 5.82. The zero-order valence-corrected chi connectivity index (χ0v) is 11.9. The molecule has 0 aromatic carbocycles. The van der Waals surface area contributed by atoms with Gasteiger partial charge in [0.15, 0.2) is 0 Å². The predicted octanol–water partition coefficient (Wildman–Crippen LogP) is -0.839. The fraction of sp³-hybridized carbons (Fsp3) is 0.857. The van der Waals surface area contributed by atoms with Crippen LogP contribution >= 0.6 is 0 Å². The third-order valence-corrected chi connectivity index (χ3v) is 4.62. The van der Waals surface area contributed by atoms with Gasteiger partial charge in [-0.05, 0) is 25.8 Å². The smallest absolute Gasteiger partial charge is 0.240 e. The van der Waals surface area contributed by atoms with E-state index in [1.54, 1.807) is 0 Å². The number of nitrogens with zero attached hydrogens (tertiary/aromatic N) is 2. The SMILES string of the molecule is O=C1CCC(CN2CCCC2C(=O)N2CCNCC2)N1. The number of nitrogens with one attached hydrogen (secondary N) is 2. The van der Waals surface area contributed by atoms with Gasteiger partial charge in [0.05, 0.1) is 6.04 Å². The van der Waals surface area contributed by atoms with Gasteiger partial charge in [-0.3, -0.25) is 14.5 Å². The van der Waals surface area contributed by atoms with Crippen molar-refractivity contribution in [1.29, 1.82) is 0 Å². The molecule has 0 aliphatic carbocycles. The van der Waals surface area contributed by atoms with Gasteiger partial charge in [-0.25, -0.2) is 0 Å². The lowest BCUT2D eigenvalue weighted by Crippen LogP contribution is -2.53. The third kappa shape index (κ3) is 2.96. The van der Waals surface area contributed by atoms with E-state index in [4.69, 9.17) is 0 Å². The van der Waals surface area contributed by atoms with Crippen LogP contribution in [0, 0.1) is 0 Å². The predicted molar refractivity (Wildman–Crippen MR) is 75.2 cm³/mol. The Morgan fingerprint density at radius 3 is 2.70 bits per heavy atom. The van der Waals surface area contributed by atoms with Crippen molar-refractivity contribution in [3.63, 3.8) is 0 Å². The summed E-state index contributed by atoms with van der Waals surface area (Å²) in [6.45, 7) is 5.25. The van der Waals surface area contributed by atoms with Crippen molar-refractivity contribution in [3.8, 4) is 0 Å². The lowest BCUT2D eigenvalue weighted by Gasteiger charge is -2.33. The molecule has 3 aliphatic rings. The van der Waals surface area contributed by atoms with Gasteiger partial charge in [0, 0.05) is 45.2 Å². The minimum absolute atomic E-state index is 0.0330. The number of likely N-dealkylation sites (tertiary alicyclic amines) is 1. The first-order valence-electron chi connectivity index (χ1n) is 7.77. The minimum atomic E-state index is 0.0330. The third-order valence-electron chi connectivity index (χ3n) is 4.62. The van der Waals surface area contributed by atoms with Gasteiger partial charge in [-0.2, -0.15) is 0 Å². The van der Waals surface area contributed by atoms with E-state index in [2.05, 4.69) is 15.5 Å². The molecule has 0 radical (unpaired) electrons. The summed E-state index contributed by atoms with van der Waals surface area (Å²) in [6, 6.07) is 0.268. The summed E-state index contributed by atoms with van der Waals surface area (Å²) in [5.41, 5.74) is 0. The molecule has 6 heteroatoms. The van der Waals surface area contributed by atoms with Crippen LogP contribution in [0.1, 0.15) is 25.7 Å². The van der Waals surface area contributed by atoms with Gasteiger partial charge in [0.2, 0.25) is 11.8 Å². The van der Waals surface area contributed by atoms with E-state index in [0.29, 0.717) is 6.42 Å². The maximum absolute atomic E-state index is 12.6. The molecule has 6 nitrogen and oxygen atoms in total. The van der Waals surface area contributed by atoms with Crippen LogP contribution in [0.2, 0.25) is 0 Å². The normalized spacial score (nSPS) is 31.6. The van der Waals surface area contributed by atoms with Gasteiger partial charge in [-0.15, -0.1) is 0 Å². The van der Waals surface area contributed by atoms with Crippen LogP contribution in [-0.4, -0.2) is 73.0 Å². The molecule has 3 saturated heterocycles. The summed E-state index contributed by atoms with van der Waals surface area (Å²) in [5.74, 6) is 0.438. The van der Waals surface area contributed by atoms with E-state index in [0.717, 1.165) is 58.5 Å². The minimum Gasteiger partial charge on any atom is -0.352 e. The first-order chi connectivity index (χ1) is 9.74. The topological polar surface area (TPSA) is 64.7 Å². The van der Waals surface area contributed by atoms with Crippen molar-refractivity contribution >= 4 is 11.8 Å². The van der Waals surface area contributed by atoms with Crippen LogP contribution in [0.15, 0.2) is 0 Å². The summed E-state index contributed by atoms with van der Waals surface area (Å²) in [4.78, 5) is 28.2. The Morgan fingerprint density at radius 1 is 1.20 bits per heavy atom. The van der Waals surface area contributed by atoms with Crippen molar-refractivity contribution in [1.82, 2.24) is 20.4 Å². The average molecular weight is 280 g/mol. The van der Waals surface area contributed by atoms with Gasteiger partial charge in [0.25, 0.3) is 0 Å². The average Bonchev–Trinajstić information content (AvgIpc) is 3.09. The number of amides is 2. The fourth-order valence-electron chi connectivity index (χ4n) is 3.52. The molecule has 0 spiro atoms. The number of carbonyl (C=O) groups is 2. The number of rotatable bonds is 3. The summed E-state index contributed by atoms with van der Waals surface area (Å²) < 4.78 is 0. The summed E-state index contributed by atoms with van der Waals surface area (Å²) in [5, 5.41) is 6.28. The van der Waals surface area contributed by atoms with Crippen molar-refractivity contribution in [2.24, 2.45) is 0 Å². The van der Waals surface area contributed by atoms with E-state index < -0.39 is 0 Å². The number of hydrogen-bond acceptors (Lipinski definition) is 4. The lowest BCUT2D eigenvalue weighted by atomic mass is 10.1. The Bertz CT molecular complexity index is 381. The number of hydrogen-bond donors (Lipinski definition) is 2. The molecule has 2 amide bonds. The Morgan fingerprint density at radius 2 is 2.00 bits per heavy atom. The van der Waals surface area contributed by atoms with Gasteiger partial charge >= 0.3 is 0 Å². The quantitative estimate of drug-likeness (QED) is 0.708. The molecule has 0 bridgehead atoms. The summed E-state index contributed by atoms with van der Waals surface area (Å²) in [7, 11) is 0. The van der Waals surface area contributed by atoms with Crippen LogP contribution in [0.5, 0.6) is 0 Å². The Kier molecular flexibility index (Phi) is 4.21. The van der Waals surface area contributed by atoms with Gasteiger partial charge in [-0.1, -0.05) is 0 Å². The van der Waals surface area contributed by atoms with E-state index >= 15 is 0 Å². The molecule has 0 aromatic heterocycles. The number of carbonyl (C=O) groups excluding carboxylic acids is 2. The molecule has 0 saturated carbocycles. The highest BCUT2D eigenvalue weighted by atomic mass is 16.2. The van der Waals surface area contributed by atoms with Crippen molar-refractivity contribution in [2.75, 3.05) is 39.3 Å². The van der Waals surface area contributed by atoms with Crippen LogP contribution < -0.4 is 10.6 Å². The molecule has 3 fully saturated rings. The Labute approximate surface area is 119 Å². The van der Waals surface area contributed by atoms with Crippen molar-refractivity contribution in [3.05, 3.63) is 0 Å². The van der Waals surface area contributed by atoms with Gasteiger partial charge < -0.3 is 15.5 Å². The van der Waals surface area contributed by atoms with Crippen LogP contribution in [0.3, 0.4) is 0 Å². The molecule has 3 rings (SSSR count). The summed E-state index contributed by atoms with van der Waals surface area (Å²) in [6.07, 6.45) is 3.59. The highest BCUT2D eigenvalue weighted by Crippen LogP contribution is 2.21. The van der Waals surface area contributed by atoms with E-state index in [-0.39, 0.29) is 23.9 Å². The molecular weight excluding hydrogens is 256 g/mol. The molecule has 3 heterocycles. The van der Waals surface area contributed by atoms with E-state index in [1.807, 2.05) is 4.90 Å². The molecule has 20 heavy (non-hydrogen) atoms. The zero-order valence-electron chi connectivity index (χ0n) is 11.9. The number of piperazine rings is 1. The monoisotopic (exact) mass is 280 g/mol. The summed E-state index contributed by atoms with van der Waals surface area (Å²) >= 11 is 0. The molecule has 112 valence electrons.